The zero-order chi connectivity index (χ0) is 24.0. The highest BCUT2D eigenvalue weighted by atomic mass is 19.4. The van der Waals surface area contributed by atoms with Crippen molar-refractivity contribution in [2.45, 2.75) is 12.2 Å². The second-order valence-corrected chi connectivity index (χ2v) is 8.26. The van der Waals surface area contributed by atoms with Gasteiger partial charge in [0.1, 0.15) is 6.54 Å². The highest BCUT2D eigenvalue weighted by molar-refractivity contribution is 6.04. The number of amides is 2. The minimum atomic E-state index is -4.52. The van der Waals surface area contributed by atoms with Crippen LogP contribution in [0.5, 0.6) is 0 Å². The molecular weight excluding hydrogens is 443 g/mol. The minimum absolute atomic E-state index is 0.0192. The second kappa shape index (κ2) is 8.06. The average molecular weight is 463 g/mol. The number of hydrogen-bond acceptors (Lipinski definition) is 2. The molecule has 0 radical (unpaired) electrons. The number of aryl methyl sites for hydroxylation is 1. The van der Waals surface area contributed by atoms with Crippen LogP contribution in [0.4, 0.5) is 18.9 Å². The first-order valence-electron chi connectivity index (χ1n) is 10.6. The van der Waals surface area contributed by atoms with E-state index < -0.39 is 23.7 Å². The maximum Gasteiger partial charge on any atom is 0.416 e. The standard InChI is InChI=1S/C26H20F3N3O2/c1-31-14-21(18-9-4-5-12-22(18)31)24-19-10-2-3-11-20(19)25(34)32(24)15-23(33)30-17-8-6-7-16(13-17)26(27,28)29/h2-14,24H,15H2,1H3,(H,30,33)/t24-/m1/s1. The van der Waals surface area contributed by atoms with E-state index in [-0.39, 0.29) is 18.1 Å². The van der Waals surface area contributed by atoms with E-state index in [9.17, 15) is 22.8 Å². The smallest absolute Gasteiger partial charge is 0.350 e. The predicted molar refractivity (Wildman–Crippen MR) is 122 cm³/mol. The van der Waals surface area contributed by atoms with Crippen molar-refractivity contribution in [3.8, 4) is 0 Å². The maximum absolute atomic E-state index is 13.3. The van der Waals surface area contributed by atoms with Gasteiger partial charge in [0.05, 0.1) is 11.6 Å². The fourth-order valence-electron chi connectivity index (χ4n) is 4.59. The van der Waals surface area contributed by atoms with Crippen LogP contribution in [0.2, 0.25) is 0 Å². The summed E-state index contributed by atoms with van der Waals surface area (Å²) in [7, 11) is 1.92. The normalized spacial score (nSPS) is 15.6. The number of anilines is 1. The monoisotopic (exact) mass is 463 g/mol. The largest absolute Gasteiger partial charge is 0.416 e. The van der Waals surface area contributed by atoms with Gasteiger partial charge in [-0.25, -0.2) is 0 Å². The molecule has 0 fully saturated rings. The topological polar surface area (TPSA) is 54.3 Å². The van der Waals surface area contributed by atoms with Crippen molar-refractivity contribution in [1.82, 2.24) is 9.47 Å². The number of fused-ring (bicyclic) bond motifs is 2. The van der Waals surface area contributed by atoms with Crippen LogP contribution in [-0.2, 0) is 18.0 Å². The third-order valence-corrected chi connectivity index (χ3v) is 6.07. The molecule has 5 rings (SSSR count). The molecule has 1 aromatic heterocycles. The fourth-order valence-corrected chi connectivity index (χ4v) is 4.59. The molecule has 2 amide bonds. The molecular formula is C26H20F3N3O2. The quantitative estimate of drug-likeness (QED) is 0.442. The number of benzene rings is 3. The lowest BCUT2D eigenvalue weighted by Crippen LogP contribution is -2.36. The number of rotatable bonds is 4. The van der Waals surface area contributed by atoms with Crippen LogP contribution >= 0.6 is 0 Å². The van der Waals surface area contributed by atoms with E-state index >= 15 is 0 Å². The summed E-state index contributed by atoms with van der Waals surface area (Å²) in [5.74, 6) is -0.876. The number of hydrogen-bond donors (Lipinski definition) is 1. The lowest BCUT2D eigenvalue weighted by Gasteiger charge is -2.25. The summed E-state index contributed by atoms with van der Waals surface area (Å²) in [6.45, 7) is -0.308. The summed E-state index contributed by atoms with van der Waals surface area (Å²) in [5.41, 5.74) is 2.32. The van der Waals surface area contributed by atoms with Crippen LogP contribution in [0, 0.1) is 0 Å². The van der Waals surface area contributed by atoms with E-state index in [0.717, 1.165) is 34.2 Å². The van der Waals surface area contributed by atoms with Crippen molar-refractivity contribution in [1.29, 1.82) is 0 Å². The van der Waals surface area contributed by atoms with Gasteiger partial charge in [-0.15, -0.1) is 0 Å². The van der Waals surface area contributed by atoms with Gasteiger partial charge in [0, 0.05) is 41.0 Å². The Bertz CT molecular complexity index is 1420. The molecule has 1 aliphatic heterocycles. The van der Waals surface area contributed by atoms with E-state index in [1.54, 1.807) is 12.1 Å². The average Bonchev–Trinajstić information content (AvgIpc) is 3.28. The molecule has 2 heterocycles. The third kappa shape index (κ3) is 3.71. The predicted octanol–water partition coefficient (Wildman–Crippen LogP) is 5.38. The zero-order valence-electron chi connectivity index (χ0n) is 18.1. The fraction of sp³-hybridized carbons (Fsp3) is 0.154. The van der Waals surface area contributed by atoms with Crippen molar-refractivity contribution in [2.75, 3.05) is 11.9 Å². The highest BCUT2D eigenvalue weighted by Gasteiger charge is 2.39. The molecule has 1 N–H and O–H groups in total. The molecule has 4 aromatic rings. The summed E-state index contributed by atoms with van der Waals surface area (Å²) in [4.78, 5) is 27.6. The van der Waals surface area contributed by atoms with Gasteiger partial charge in [-0.2, -0.15) is 13.2 Å². The highest BCUT2D eigenvalue weighted by Crippen LogP contribution is 2.41. The number of halogens is 3. The minimum Gasteiger partial charge on any atom is -0.350 e. The first kappa shape index (κ1) is 21.8. The van der Waals surface area contributed by atoms with E-state index in [2.05, 4.69) is 5.32 Å². The Morgan fingerprint density at radius 3 is 2.50 bits per heavy atom. The summed E-state index contributed by atoms with van der Waals surface area (Å²) in [6.07, 6.45) is -2.57. The van der Waals surface area contributed by atoms with Gasteiger partial charge in [-0.1, -0.05) is 42.5 Å². The Hall–Kier alpha value is -4.07. The Morgan fingerprint density at radius 1 is 0.971 bits per heavy atom. The van der Waals surface area contributed by atoms with Crippen molar-refractivity contribution in [3.63, 3.8) is 0 Å². The number of nitrogens with one attached hydrogen (secondary N) is 1. The van der Waals surface area contributed by atoms with E-state index in [1.165, 1.54) is 17.0 Å². The molecule has 34 heavy (non-hydrogen) atoms. The van der Waals surface area contributed by atoms with Crippen LogP contribution in [-0.4, -0.2) is 27.8 Å². The summed E-state index contributed by atoms with van der Waals surface area (Å²) in [6, 6.07) is 18.9. The molecule has 0 saturated heterocycles. The molecule has 0 bridgehead atoms. The SMILES string of the molecule is Cn1cc([C@H]2c3ccccc3C(=O)N2CC(=O)Nc2cccc(C(F)(F)F)c2)c2ccccc21. The zero-order valence-corrected chi connectivity index (χ0v) is 18.1. The lowest BCUT2D eigenvalue weighted by atomic mass is 9.97. The van der Waals surface area contributed by atoms with Crippen molar-refractivity contribution in [2.24, 2.45) is 7.05 Å². The van der Waals surface area contributed by atoms with Crippen LogP contribution in [0.15, 0.2) is 79.0 Å². The third-order valence-electron chi connectivity index (χ3n) is 6.07. The molecule has 172 valence electrons. The van der Waals surface area contributed by atoms with Crippen molar-refractivity contribution in [3.05, 3.63) is 101 Å². The van der Waals surface area contributed by atoms with Gasteiger partial charge < -0.3 is 14.8 Å². The number of alkyl halides is 3. The molecule has 8 heteroatoms. The number of carbonyl (C=O) groups excluding carboxylic acids is 2. The lowest BCUT2D eigenvalue weighted by molar-refractivity contribution is -0.137. The van der Waals surface area contributed by atoms with E-state index in [0.29, 0.717) is 5.56 Å². The first-order valence-corrected chi connectivity index (χ1v) is 10.6. The van der Waals surface area contributed by atoms with Gasteiger partial charge in [-0.05, 0) is 35.9 Å². The first-order chi connectivity index (χ1) is 16.2. The maximum atomic E-state index is 13.3. The van der Waals surface area contributed by atoms with E-state index in [4.69, 9.17) is 0 Å². The number of aromatic nitrogens is 1. The molecule has 0 unspecified atom stereocenters. The van der Waals surface area contributed by atoms with Crippen LogP contribution in [0.25, 0.3) is 10.9 Å². The Labute approximate surface area is 193 Å². The Balaban J connectivity index is 1.49. The van der Waals surface area contributed by atoms with Crippen LogP contribution in [0.3, 0.4) is 0 Å². The van der Waals surface area contributed by atoms with Gasteiger partial charge >= 0.3 is 6.18 Å². The summed E-state index contributed by atoms with van der Waals surface area (Å²) in [5, 5.41) is 3.47. The van der Waals surface area contributed by atoms with Gasteiger partial charge in [-0.3, -0.25) is 9.59 Å². The summed E-state index contributed by atoms with van der Waals surface area (Å²) < 4.78 is 41.1. The molecule has 0 spiro atoms. The number of carbonyl (C=O) groups is 2. The Kier molecular flexibility index (Phi) is 5.16. The van der Waals surface area contributed by atoms with Gasteiger partial charge in [0.15, 0.2) is 0 Å². The van der Waals surface area contributed by atoms with Crippen LogP contribution in [0.1, 0.15) is 33.1 Å². The molecule has 3 aromatic carbocycles. The molecule has 1 atom stereocenters. The van der Waals surface area contributed by atoms with E-state index in [1.807, 2.05) is 54.2 Å². The van der Waals surface area contributed by atoms with Crippen LogP contribution < -0.4 is 5.32 Å². The molecule has 5 nitrogen and oxygen atoms in total. The van der Waals surface area contributed by atoms with Crippen molar-refractivity contribution < 1.29 is 22.8 Å². The number of para-hydroxylation sites is 1. The molecule has 0 aliphatic carbocycles. The Morgan fingerprint density at radius 2 is 1.71 bits per heavy atom. The van der Waals surface area contributed by atoms with Crippen molar-refractivity contribution >= 4 is 28.4 Å². The number of nitrogens with zero attached hydrogens (tertiary/aromatic N) is 2. The van der Waals surface area contributed by atoms with Gasteiger partial charge in [0.25, 0.3) is 5.91 Å². The molecule has 0 saturated carbocycles. The summed E-state index contributed by atoms with van der Waals surface area (Å²) >= 11 is 0. The second-order valence-electron chi connectivity index (χ2n) is 8.26. The van der Waals surface area contributed by atoms with Gasteiger partial charge in [0.2, 0.25) is 5.91 Å². The molecule has 1 aliphatic rings.